The summed E-state index contributed by atoms with van der Waals surface area (Å²) in [4.78, 5) is 9.42. The molecule has 0 bridgehead atoms. The monoisotopic (exact) mass is 386 g/mol. The van der Waals surface area contributed by atoms with E-state index < -0.39 is 0 Å². The van der Waals surface area contributed by atoms with Crippen LogP contribution < -0.4 is 0 Å². The van der Waals surface area contributed by atoms with Crippen LogP contribution in [0.5, 0.6) is 0 Å². The highest BCUT2D eigenvalue weighted by Gasteiger charge is 2.40. The van der Waals surface area contributed by atoms with Gasteiger partial charge >= 0.3 is 0 Å². The average Bonchev–Trinajstić information content (AvgIpc) is 2.89. The fraction of sp³-hybridized carbons (Fsp3) is 0.440. The molecule has 0 amide bonds. The highest BCUT2D eigenvalue weighted by molar-refractivity contribution is 6.18. The van der Waals surface area contributed by atoms with Gasteiger partial charge in [-0.15, -0.1) is 0 Å². The quantitative estimate of drug-likeness (QED) is 0.477. The summed E-state index contributed by atoms with van der Waals surface area (Å²) >= 11 is 0. The van der Waals surface area contributed by atoms with E-state index >= 15 is 0 Å². The second-order valence-electron chi connectivity index (χ2n) is 7.36. The second-order valence-corrected chi connectivity index (χ2v) is 7.36. The van der Waals surface area contributed by atoms with Crippen LogP contribution in [0.3, 0.4) is 0 Å². The van der Waals surface area contributed by atoms with Gasteiger partial charge in [0.2, 0.25) is 0 Å². The summed E-state index contributed by atoms with van der Waals surface area (Å²) in [7, 11) is 0. The Kier molecular flexibility index (Phi) is 8.56. The maximum absolute atomic E-state index is 9.64. The molecule has 1 heterocycles. The van der Waals surface area contributed by atoms with E-state index in [1.807, 2.05) is 42.5 Å². The van der Waals surface area contributed by atoms with E-state index in [2.05, 4.69) is 32.9 Å². The van der Waals surface area contributed by atoms with Gasteiger partial charge in [0.05, 0.1) is 11.1 Å². The third-order valence-corrected chi connectivity index (χ3v) is 5.44. The maximum atomic E-state index is 9.64. The van der Waals surface area contributed by atoms with Crippen LogP contribution in [0.1, 0.15) is 71.3 Å². The van der Waals surface area contributed by atoms with Crippen LogP contribution in [0.25, 0.3) is 6.08 Å². The highest BCUT2D eigenvalue weighted by Crippen LogP contribution is 2.39. The van der Waals surface area contributed by atoms with Gasteiger partial charge in [-0.1, -0.05) is 82.9 Å². The summed E-state index contributed by atoms with van der Waals surface area (Å²) in [5, 5.41) is 19.2. The molecule has 4 nitrogen and oxygen atoms in total. The minimum Gasteiger partial charge on any atom is -0.243 e. The SMILES string of the molecule is CCCCC1(CCCC)C(C=Cc2ccccc2)=NC(C#N)=C(C#N)N=C1CC. The molecule has 0 aliphatic carbocycles. The normalized spacial score (nSPS) is 16.0. The Hall–Kier alpha value is -2.98. The molecule has 0 aromatic heterocycles. The summed E-state index contributed by atoms with van der Waals surface area (Å²) in [6.07, 6.45) is 10.9. The van der Waals surface area contributed by atoms with Crippen LogP contribution in [0.2, 0.25) is 0 Å². The molecule has 1 aromatic rings. The number of unbranched alkanes of at least 4 members (excludes halogenated alkanes) is 2. The number of allylic oxidation sites excluding steroid dienone is 3. The van der Waals surface area contributed by atoms with Crippen molar-refractivity contribution in [2.24, 2.45) is 15.4 Å². The summed E-state index contributed by atoms with van der Waals surface area (Å²) < 4.78 is 0. The third-order valence-electron chi connectivity index (χ3n) is 5.44. The molecular weight excluding hydrogens is 356 g/mol. The van der Waals surface area contributed by atoms with Crippen molar-refractivity contribution in [1.82, 2.24) is 0 Å². The molecule has 1 aromatic carbocycles. The third kappa shape index (κ3) is 5.30. The van der Waals surface area contributed by atoms with Crippen molar-refractivity contribution < 1.29 is 0 Å². The van der Waals surface area contributed by atoms with Crippen LogP contribution in [0.4, 0.5) is 0 Å². The molecule has 0 spiro atoms. The average molecular weight is 387 g/mol. The lowest BCUT2D eigenvalue weighted by atomic mass is 9.69. The standard InChI is InChI=1S/C25H30N4/c1-4-7-16-25(17-8-5-2)23(6-3)28-21(18-26)22(19-27)29-24(25)15-14-20-12-10-9-11-13-20/h9-15H,4-8,16-17H2,1-3H3. The summed E-state index contributed by atoms with van der Waals surface area (Å²) in [6, 6.07) is 14.3. The largest absolute Gasteiger partial charge is 0.243 e. The predicted octanol–water partition coefficient (Wildman–Crippen LogP) is 6.63. The molecule has 0 N–H and O–H groups in total. The molecule has 1 aliphatic rings. The number of benzene rings is 1. The summed E-state index contributed by atoms with van der Waals surface area (Å²) in [5.41, 5.74) is 2.80. The van der Waals surface area contributed by atoms with Crippen molar-refractivity contribution in [2.45, 2.75) is 65.7 Å². The Morgan fingerprint density at radius 1 is 0.862 bits per heavy atom. The van der Waals surface area contributed by atoms with Crippen molar-refractivity contribution in [3.63, 3.8) is 0 Å². The molecule has 0 unspecified atom stereocenters. The first-order valence-electron chi connectivity index (χ1n) is 10.6. The fourth-order valence-corrected chi connectivity index (χ4v) is 3.86. The Balaban J connectivity index is 2.70. The Morgan fingerprint density at radius 2 is 1.45 bits per heavy atom. The number of aliphatic imine (C=N–C) groups is 2. The Bertz CT molecular complexity index is 881. The molecule has 0 fully saturated rings. The van der Waals surface area contributed by atoms with Gasteiger partial charge in [-0.25, -0.2) is 9.98 Å². The second kappa shape index (κ2) is 11.1. The molecule has 0 saturated heterocycles. The molecule has 150 valence electrons. The molecule has 0 saturated carbocycles. The number of nitrogens with zero attached hydrogens (tertiary/aromatic N) is 4. The van der Waals surface area contributed by atoms with Crippen molar-refractivity contribution in [3.8, 4) is 12.1 Å². The zero-order valence-electron chi connectivity index (χ0n) is 17.8. The lowest BCUT2D eigenvalue weighted by Crippen LogP contribution is -2.38. The van der Waals surface area contributed by atoms with Crippen LogP contribution in [0, 0.1) is 28.1 Å². The van der Waals surface area contributed by atoms with E-state index in [9.17, 15) is 10.5 Å². The smallest absolute Gasteiger partial charge is 0.177 e. The van der Waals surface area contributed by atoms with E-state index in [-0.39, 0.29) is 16.8 Å². The first-order chi connectivity index (χ1) is 14.1. The number of rotatable bonds is 9. The van der Waals surface area contributed by atoms with Gasteiger partial charge in [-0.05, 0) is 30.9 Å². The molecule has 1 aliphatic heterocycles. The molecular formula is C25H30N4. The minimum absolute atomic E-state index is 0.112. The van der Waals surface area contributed by atoms with Gasteiger partial charge in [0, 0.05) is 5.71 Å². The number of hydrogen-bond acceptors (Lipinski definition) is 4. The highest BCUT2D eigenvalue weighted by atomic mass is 14.9. The van der Waals surface area contributed by atoms with Crippen LogP contribution >= 0.6 is 0 Å². The first kappa shape index (κ1) is 22.3. The van der Waals surface area contributed by atoms with E-state index in [1.165, 1.54) is 0 Å². The zero-order valence-corrected chi connectivity index (χ0v) is 17.8. The zero-order chi connectivity index (χ0) is 21.1. The van der Waals surface area contributed by atoms with Gasteiger partial charge < -0.3 is 0 Å². The van der Waals surface area contributed by atoms with Crippen LogP contribution in [-0.2, 0) is 0 Å². The first-order valence-corrected chi connectivity index (χ1v) is 10.6. The van der Waals surface area contributed by atoms with Crippen LogP contribution in [-0.4, -0.2) is 11.4 Å². The summed E-state index contributed by atoms with van der Waals surface area (Å²) in [5.74, 6) is 0. The van der Waals surface area contributed by atoms with Crippen LogP contribution in [0.15, 0.2) is 57.8 Å². The van der Waals surface area contributed by atoms with Gasteiger partial charge in [-0.2, -0.15) is 10.5 Å². The molecule has 4 heteroatoms. The number of nitriles is 2. The fourth-order valence-electron chi connectivity index (χ4n) is 3.86. The molecule has 29 heavy (non-hydrogen) atoms. The Labute approximate surface area is 175 Å². The lowest BCUT2D eigenvalue weighted by Gasteiger charge is -2.35. The molecule has 0 atom stereocenters. The van der Waals surface area contributed by atoms with Gasteiger partial charge in [0.1, 0.15) is 12.1 Å². The predicted molar refractivity (Wildman–Crippen MR) is 120 cm³/mol. The topological polar surface area (TPSA) is 72.3 Å². The molecule has 0 radical (unpaired) electrons. The summed E-state index contributed by atoms with van der Waals surface area (Å²) in [6.45, 7) is 6.45. The minimum atomic E-state index is -0.341. The van der Waals surface area contributed by atoms with E-state index in [1.54, 1.807) is 0 Å². The van der Waals surface area contributed by atoms with Crippen molar-refractivity contribution in [1.29, 1.82) is 10.5 Å². The van der Waals surface area contributed by atoms with Gasteiger partial charge in [0.15, 0.2) is 11.4 Å². The van der Waals surface area contributed by atoms with E-state index in [0.29, 0.717) is 0 Å². The Morgan fingerprint density at radius 3 is 1.97 bits per heavy atom. The van der Waals surface area contributed by atoms with E-state index in [4.69, 9.17) is 9.98 Å². The van der Waals surface area contributed by atoms with Gasteiger partial charge in [-0.3, -0.25) is 0 Å². The van der Waals surface area contributed by atoms with Crippen molar-refractivity contribution in [2.75, 3.05) is 0 Å². The van der Waals surface area contributed by atoms with Crippen molar-refractivity contribution >= 4 is 17.5 Å². The lowest BCUT2D eigenvalue weighted by molar-refractivity contribution is 0.440. The van der Waals surface area contributed by atoms with Crippen molar-refractivity contribution in [3.05, 3.63) is 53.4 Å². The maximum Gasteiger partial charge on any atom is 0.177 e. The number of hydrogen-bond donors (Lipinski definition) is 0. The molecule has 2 rings (SSSR count). The van der Waals surface area contributed by atoms with E-state index in [0.717, 1.165) is 61.9 Å². The van der Waals surface area contributed by atoms with Gasteiger partial charge in [0.25, 0.3) is 0 Å².